The molecule has 0 radical (unpaired) electrons. The van der Waals surface area contributed by atoms with Gasteiger partial charge in [0.2, 0.25) is 10.0 Å². The van der Waals surface area contributed by atoms with E-state index in [0.717, 1.165) is 5.56 Å². The number of methoxy groups -OCH3 is 1. The van der Waals surface area contributed by atoms with E-state index in [4.69, 9.17) is 16.3 Å². The van der Waals surface area contributed by atoms with E-state index in [0.29, 0.717) is 22.9 Å². The number of hydrogen-bond donors (Lipinski definition) is 3. The van der Waals surface area contributed by atoms with Crippen molar-refractivity contribution in [2.75, 3.05) is 19.0 Å². The van der Waals surface area contributed by atoms with Crippen LogP contribution >= 0.6 is 11.6 Å². The highest BCUT2D eigenvalue weighted by Gasteiger charge is 2.16. The number of carbonyl (C=O) groups is 2. The molecule has 0 aromatic heterocycles. The van der Waals surface area contributed by atoms with Crippen LogP contribution in [0.2, 0.25) is 5.02 Å². The first-order valence-corrected chi connectivity index (χ1v) is 11.0. The van der Waals surface area contributed by atoms with E-state index < -0.39 is 21.8 Å². The van der Waals surface area contributed by atoms with E-state index in [1.165, 1.54) is 25.3 Å². The van der Waals surface area contributed by atoms with Crippen molar-refractivity contribution >= 4 is 39.1 Å². The summed E-state index contributed by atoms with van der Waals surface area (Å²) in [6.45, 7) is 3.70. The number of anilines is 1. The van der Waals surface area contributed by atoms with Crippen molar-refractivity contribution in [1.82, 2.24) is 10.0 Å². The fraction of sp³-hybridized carbons (Fsp3) is 0.300. The Labute approximate surface area is 181 Å². The van der Waals surface area contributed by atoms with Crippen molar-refractivity contribution in [3.63, 3.8) is 0 Å². The molecule has 0 heterocycles. The van der Waals surface area contributed by atoms with Gasteiger partial charge in [-0.25, -0.2) is 13.1 Å². The number of amides is 2. The molecule has 8 nitrogen and oxygen atoms in total. The predicted molar refractivity (Wildman–Crippen MR) is 115 cm³/mol. The summed E-state index contributed by atoms with van der Waals surface area (Å²) in [5, 5.41) is 5.29. The third-order valence-corrected chi connectivity index (χ3v) is 5.91. The van der Waals surface area contributed by atoms with Crippen molar-refractivity contribution in [3.8, 4) is 5.75 Å². The number of benzene rings is 2. The van der Waals surface area contributed by atoms with Crippen molar-refractivity contribution < 1.29 is 22.7 Å². The van der Waals surface area contributed by atoms with E-state index in [9.17, 15) is 18.0 Å². The minimum atomic E-state index is -3.55. The summed E-state index contributed by atoms with van der Waals surface area (Å²) in [6, 6.07) is 10.8. The maximum absolute atomic E-state index is 12.1. The van der Waals surface area contributed by atoms with Gasteiger partial charge < -0.3 is 15.4 Å². The third-order valence-electron chi connectivity index (χ3n) is 3.94. The van der Waals surface area contributed by atoms with Crippen LogP contribution in [0.25, 0.3) is 0 Å². The smallest absolute Gasteiger partial charge is 0.313 e. The zero-order valence-corrected chi connectivity index (χ0v) is 18.4. The lowest BCUT2D eigenvalue weighted by Gasteiger charge is -2.10. The van der Waals surface area contributed by atoms with Crippen LogP contribution in [0, 0.1) is 0 Å². The van der Waals surface area contributed by atoms with Gasteiger partial charge in [0, 0.05) is 18.3 Å². The summed E-state index contributed by atoms with van der Waals surface area (Å²) in [5.74, 6) is -1.15. The summed E-state index contributed by atoms with van der Waals surface area (Å²) in [5.41, 5.74) is 1.19. The number of hydrogen-bond acceptors (Lipinski definition) is 5. The predicted octanol–water partition coefficient (Wildman–Crippen LogP) is 2.33. The van der Waals surface area contributed by atoms with Gasteiger partial charge in [-0.15, -0.1) is 0 Å². The average Bonchev–Trinajstić information content (AvgIpc) is 2.67. The zero-order chi connectivity index (χ0) is 22.3. The molecule has 162 valence electrons. The van der Waals surface area contributed by atoms with Crippen LogP contribution < -0.4 is 20.1 Å². The number of sulfonamides is 1. The van der Waals surface area contributed by atoms with Crippen LogP contribution in [0.1, 0.15) is 19.4 Å². The number of ether oxygens (including phenoxy) is 1. The molecular weight excluding hydrogens is 430 g/mol. The molecule has 0 aliphatic carbocycles. The third kappa shape index (κ3) is 6.72. The summed E-state index contributed by atoms with van der Waals surface area (Å²) in [7, 11) is -2.07. The lowest BCUT2D eigenvalue weighted by atomic mass is 10.1. The first kappa shape index (κ1) is 23.7. The monoisotopic (exact) mass is 453 g/mol. The Kier molecular flexibility index (Phi) is 8.22. The van der Waals surface area contributed by atoms with Crippen LogP contribution in [-0.2, 0) is 26.0 Å². The van der Waals surface area contributed by atoms with Gasteiger partial charge in [0.25, 0.3) is 0 Å². The lowest BCUT2D eigenvalue weighted by molar-refractivity contribution is -0.136. The van der Waals surface area contributed by atoms with Crippen molar-refractivity contribution in [3.05, 3.63) is 53.1 Å². The quantitative estimate of drug-likeness (QED) is 0.531. The minimum Gasteiger partial charge on any atom is -0.495 e. The summed E-state index contributed by atoms with van der Waals surface area (Å²) in [4.78, 5) is 24.1. The second-order valence-electron chi connectivity index (χ2n) is 6.73. The van der Waals surface area contributed by atoms with Crippen molar-refractivity contribution in [2.45, 2.75) is 31.2 Å². The highest BCUT2D eigenvalue weighted by atomic mass is 35.5. The highest BCUT2D eigenvalue weighted by Crippen LogP contribution is 2.27. The van der Waals surface area contributed by atoms with Gasteiger partial charge in [-0.3, -0.25) is 9.59 Å². The molecular formula is C20H24ClN3O5S. The fourth-order valence-electron chi connectivity index (χ4n) is 2.55. The van der Waals surface area contributed by atoms with Crippen LogP contribution in [-0.4, -0.2) is 39.9 Å². The number of halogens is 1. The number of rotatable bonds is 8. The first-order valence-electron chi connectivity index (χ1n) is 9.16. The normalized spacial score (nSPS) is 11.2. The molecule has 30 heavy (non-hydrogen) atoms. The molecule has 0 unspecified atom stereocenters. The number of carbonyl (C=O) groups excluding carboxylic acids is 2. The molecule has 10 heteroatoms. The van der Waals surface area contributed by atoms with Crippen LogP contribution in [0.4, 0.5) is 5.69 Å². The Morgan fingerprint density at radius 1 is 1.07 bits per heavy atom. The SMILES string of the molecule is COc1ccc(NC(=O)C(=O)NCCc2ccc(S(=O)(=O)NC(C)C)cc2)cc1Cl. The first-order chi connectivity index (χ1) is 14.1. The Morgan fingerprint density at radius 3 is 2.30 bits per heavy atom. The van der Waals surface area contributed by atoms with Crippen molar-refractivity contribution in [1.29, 1.82) is 0 Å². The van der Waals surface area contributed by atoms with Gasteiger partial charge in [-0.1, -0.05) is 23.7 Å². The van der Waals surface area contributed by atoms with Crippen LogP contribution in [0.3, 0.4) is 0 Å². The molecule has 0 bridgehead atoms. The minimum absolute atomic E-state index is 0.168. The van der Waals surface area contributed by atoms with Crippen molar-refractivity contribution in [2.24, 2.45) is 0 Å². The molecule has 0 spiro atoms. The molecule has 2 aromatic rings. The molecule has 2 amide bonds. The molecule has 0 atom stereocenters. The van der Waals surface area contributed by atoms with Gasteiger partial charge in [0.1, 0.15) is 5.75 Å². The summed E-state index contributed by atoms with van der Waals surface area (Å²) >= 11 is 5.99. The molecule has 2 aromatic carbocycles. The molecule has 2 rings (SSSR count). The van der Waals surface area contributed by atoms with Gasteiger partial charge in [0.05, 0.1) is 17.0 Å². The molecule has 0 saturated heterocycles. The lowest BCUT2D eigenvalue weighted by Crippen LogP contribution is -2.36. The van der Waals surface area contributed by atoms with Gasteiger partial charge >= 0.3 is 11.8 Å². The highest BCUT2D eigenvalue weighted by molar-refractivity contribution is 7.89. The Hall–Kier alpha value is -2.62. The second kappa shape index (κ2) is 10.4. The summed E-state index contributed by atoms with van der Waals surface area (Å²) in [6.07, 6.45) is 0.436. The Morgan fingerprint density at radius 2 is 1.73 bits per heavy atom. The molecule has 0 saturated carbocycles. The van der Waals surface area contributed by atoms with E-state index in [1.54, 1.807) is 38.1 Å². The van der Waals surface area contributed by atoms with Crippen LogP contribution in [0.5, 0.6) is 5.75 Å². The van der Waals surface area contributed by atoms with E-state index in [1.807, 2.05) is 0 Å². The van der Waals surface area contributed by atoms with Gasteiger partial charge in [-0.05, 0) is 56.2 Å². The molecule has 0 aliphatic heterocycles. The Bertz CT molecular complexity index is 1010. The number of nitrogens with one attached hydrogen (secondary N) is 3. The van der Waals surface area contributed by atoms with E-state index >= 15 is 0 Å². The van der Waals surface area contributed by atoms with E-state index in [-0.39, 0.29) is 17.5 Å². The topological polar surface area (TPSA) is 114 Å². The second-order valence-corrected chi connectivity index (χ2v) is 8.85. The van der Waals surface area contributed by atoms with Gasteiger partial charge in [0.15, 0.2) is 0 Å². The standard InChI is InChI=1S/C20H24ClN3O5S/c1-13(2)24-30(27,28)16-7-4-14(5-8-16)10-11-22-19(25)20(26)23-15-6-9-18(29-3)17(21)12-15/h4-9,12-13,24H,10-11H2,1-3H3,(H,22,25)(H,23,26). The Balaban J connectivity index is 1.85. The average molecular weight is 454 g/mol. The fourth-order valence-corrected chi connectivity index (χ4v) is 4.06. The summed E-state index contributed by atoms with van der Waals surface area (Å²) < 4.78 is 31.8. The van der Waals surface area contributed by atoms with Crippen LogP contribution in [0.15, 0.2) is 47.4 Å². The largest absolute Gasteiger partial charge is 0.495 e. The van der Waals surface area contributed by atoms with E-state index in [2.05, 4.69) is 15.4 Å². The van der Waals surface area contributed by atoms with Gasteiger partial charge in [-0.2, -0.15) is 0 Å². The molecule has 3 N–H and O–H groups in total. The molecule has 0 fully saturated rings. The molecule has 0 aliphatic rings. The maximum Gasteiger partial charge on any atom is 0.313 e. The zero-order valence-electron chi connectivity index (χ0n) is 16.9. The maximum atomic E-state index is 12.1.